The van der Waals surface area contributed by atoms with E-state index in [9.17, 15) is 14.4 Å². The van der Waals surface area contributed by atoms with E-state index in [1.807, 2.05) is 6.07 Å². The lowest BCUT2D eigenvalue weighted by Gasteiger charge is -2.14. The molecule has 0 saturated heterocycles. The maximum absolute atomic E-state index is 13.5. The Kier molecular flexibility index (Phi) is 11.1. The minimum atomic E-state index is -0.565. The van der Waals surface area contributed by atoms with Crippen LogP contribution in [0.15, 0.2) is 102 Å². The van der Waals surface area contributed by atoms with Gasteiger partial charge in [-0.2, -0.15) is 0 Å². The predicted molar refractivity (Wildman–Crippen MR) is 172 cm³/mol. The minimum Gasteiger partial charge on any atom is -0.493 e. The van der Waals surface area contributed by atoms with E-state index in [-0.39, 0.29) is 17.4 Å². The Labute approximate surface area is 263 Å². The van der Waals surface area contributed by atoms with Gasteiger partial charge < -0.3 is 25.4 Å². The van der Waals surface area contributed by atoms with E-state index < -0.39 is 11.8 Å². The van der Waals surface area contributed by atoms with Crippen LogP contribution in [0, 0.1) is 0 Å². The molecule has 8 nitrogen and oxygen atoms in total. The molecular weight excluding hydrogens is 609 g/mol. The fourth-order valence-corrected chi connectivity index (χ4v) is 5.01. The summed E-state index contributed by atoms with van der Waals surface area (Å²) in [6.45, 7) is 0. The summed E-state index contributed by atoms with van der Waals surface area (Å²) in [6, 6.07) is 25.6. The molecular formula is C32H27Cl2N3O5S. The summed E-state index contributed by atoms with van der Waals surface area (Å²) in [5, 5.41) is 9.11. The van der Waals surface area contributed by atoms with E-state index in [0.29, 0.717) is 44.0 Å². The summed E-state index contributed by atoms with van der Waals surface area (Å²) in [7, 11) is 3.00. The second-order valence-electron chi connectivity index (χ2n) is 8.90. The van der Waals surface area contributed by atoms with Crippen molar-refractivity contribution >= 4 is 70.1 Å². The molecule has 0 heterocycles. The molecule has 0 spiro atoms. The van der Waals surface area contributed by atoms with Crippen molar-refractivity contribution in [1.29, 1.82) is 0 Å². The first kappa shape index (κ1) is 31.5. The van der Waals surface area contributed by atoms with Gasteiger partial charge in [-0.25, -0.2) is 0 Å². The summed E-state index contributed by atoms with van der Waals surface area (Å²) >= 11 is 13.4. The molecule has 0 radical (unpaired) electrons. The summed E-state index contributed by atoms with van der Waals surface area (Å²) in [5.41, 5.74) is 1.78. The molecule has 0 aliphatic heterocycles. The third-order valence-electron chi connectivity index (χ3n) is 5.93. The Morgan fingerprint density at radius 3 is 2.35 bits per heavy atom. The highest BCUT2D eigenvalue weighted by molar-refractivity contribution is 8.00. The van der Waals surface area contributed by atoms with Crippen molar-refractivity contribution in [1.82, 2.24) is 5.32 Å². The van der Waals surface area contributed by atoms with E-state index in [1.54, 1.807) is 84.9 Å². The first-order valence-corrected chi connectivity index (χ1v) is 14.6. The highest BCUT2D eigenvalue weighted by Crippen LogP contribution is 2.32. The lowest BCUT2D eigenvalue weighted by molar-refractivity contribution is -0.114. The maximum Gasteiger partial charge on any atom is 0.272 e. The van der Waals surface area contributed by atoms with Crippen LogP contribution in [0.25, 0.3) is 6.08 Å². The lowest BCUT2D eigenvalue weighted by Crippen LogP contribution is -2.30. The normalized spacial score (nSPS) is 10.9. The average Bonchev–Trinajstić information content (AvgIpc) is 3.01. The van der Waals surface area contributed by atoms with Gasteiger partial charge in [0.1, 0.15) is 5.70 Å². The molecule has 3 amide bonds. The van der Waals surface area contributed by atoms with Crippen molar-refractivity contribution < 1.29 is 23.9 Å². The van der Waals surface area contributed by atoms with Crippen LogP contribution >= 0.6 is 35.0 Å². The number of nitrogens with one attached hydrogen (secondary N) is 3. The van der Waals surface area contributed by atoms with Gasteiger partial charge in [0.2, 0.25) is 5.91 Å². The molecule has 0 atom stereocenters. The number of thioether (sulfide) groups is 1. The molecule has 11 heteroatoms. The molecule has 4 aromatic carbocycles. The van der Waals surface area contributed by atoms with Crippen LogP contribution in [-0.4, -0.2) is 37.7 Å². The molecule has 0 aromatic heterocycles. The molecule has 0 aliphatic carbocycles. The summed E-state index contributed by atoms with van der Waals surface area (Å²) in [4.78, 5) is 39.8. The number of amides is 3. The number of rotatable bonds is 11. The second kappa shape index (κ2) is 15.2. The molecule has 220 valence electrons. The Balaban J connectivity index is 1.52. The predicted octanol–water partition coefficient (Wildman–Crippen LogP) is 7.15. The van der Waals surface area contributed by atoms with Crippen LogP contribution in [0.3, 0.4) is 0 Å². The number of hydrogen-bond acceptors (Lipinski definition) is 6. The van der Waals surface area contributed by atoms with Crippen LogP contribution in [0.4, 0.5) is 11.4 Å². The van der Waals surface area contributed by atoms with E-state index in [0.717, 1.165) is 4.90 Å². The van der Waals surface area contributed by atoms with Gasteiger partial charge in [0, 0.05) is 26.7 Å². The van der Waals surface area contributed by atoms with Gasteiger partial charge in [0.05, 0.1) is 30.7 Å². The van der Waals surface area contributed by atoms with Crippen molar-refractivity contribution in [2.75, 3.05) is 30.6 Å². The fourth-order valence-electron chi connectivity index (χ4n) is 3.91. The van der Waals surface area contributed by atoms with Crippen LogP contribution in [0.1, 0.15) is 15.9 Å². The van der Waals surface area contributed by atoms with Gasteiger partial charge in [-0.3, -0.25) is 14.4 Å². The highest BCUT2D eigenvalue weighted by Gasteiger charge is 2.18. The zero-order chi connectivity index (χ0) is 30.8. The van der Waals surface area contributed by atoms with Gasteiger partial charge in [-0.1, -0.05) is 59.6 Å². The summed E-state index contributed by atoms with van der Waals surface area (Å²) < 4.78 is 10.9. The van der Waals surface area contributed by atoms with Gasteiger partial charge in [0.15, 0.2) is 11.5 Å². The Morgan fingerprint density at radius 1 is 0.837 bits per heavy atom. The average molecular weight is 637 g/mol. The van der Waals surface area contributed by atoms with E-state index in [2.05, 4.69) is 16.0 Å². The number of para-hydroxylation sites is 1. The van der Waals surface area contributed by atoms with E-state index in [4.69, 9.17) is 32.7 Å². The molecule has 0 saturated carbocycles. The first-order chi connectivity index (χ1) is 20.8. The number of carbonyl (C=O) groups excluding carboxylic acids is 3. The fraction of sp³-hybridized carbons (Fsp3) is 0.0938. The number of carbonyl (C=O) groups is 3. The Hall–Kier alpha value is -4.44. The SMILES string of the molecule is COc1cccc(/C=C(/NC(=O)c2ccccc2)C(=O)Nc2cccc(SCC(=O)Nc3cc(Cl)ccc3Cl)c2)c1OC. The van der Waals surface area contributed by atoms with Crippen molar-refractivity contribution in [2.24, 2.45) is 0 Å². The van der Waals surface area contributed by atoms with E-state index in [1.165, 1.54) is 32.1 Å². The monoisotopic (exact) mass is 635 g/mol. The van der Waals surface area contributed by atoms with Crippen molar-refractivity contribution in [2.45, 2.75) is 4.90 Å². The van der Waals surface area contributed by atoms with Gasteiger partial charge in [-0.05, 0) is 60.7 Å². The standard InChI is InChI=1S/C32H27Cl2N3O5S/c1-41-28-13-6-10-21(30(28)42-2)16-27(37-31(39)20-8-4-3-5-9-20)32(40)35-23-11-7-12-24(18-23)43-19-29(38)36-26-17-22(33)14-15-25(26)34/h3-18H,19H2,1-2H3,(H,35,40)(H,36,38)(H,37,39)/b27-16+. The number of methoxy groups -OCH3 is 2. The molecule has 0 aliphatic rings. The lowest BCUT2D eigenvalue weighted by atomic mass is 10.1. The first-order valence-electron chi connectivity index (χ1n) is 12.9. The number of halogens is 2. The topological polar surface area (TPSA) is 106 Å². The van der Waals surface area contributed by atoms with E-state index >= 15 is 0 Å². The van der Waals surface area contributed by atoms with Gasteiger partial charge >= 0.3 is 0 Å². The molecule has 3 N–H and O–H groups in total. The Morgan fingerprint density at radius 2 is 1.60 bits per heavy atom. The molecule has 0 unspecified atom stereocenters. The molecule has 43 heavy (non-hydrogen) atoms. The smallest absolute Gasteiger partial charge is 0.272 e. The zero-order valence-electron chi connectivity index (χ0n) is 23.2. The molecule has 4 aromatic rings. The largest absolute Gasteiger partial charge is 0.493 e. The quantitative estimate of drug-likeness (QED) is 0.119. The maximum atomic E-state index is 13.5. The minimum absolute atomic E-state index is 0.0174. The number of benzene rings is 4. The van der Waals surface area contributed by atoms with Crippen LogP contribution < -0.4 is 25.4 Å². The summed E-state index contributed by atoms with van der Waals surface area (Å²) in [5.74, 6) is -0.334. The highest BCUT2D eigenvalue weighted by atomic mass is 35.5. The molecule has 0 fully saturated rings. The van der Waals surface area contributed by atoms with Gasteiger partial charge in [-0.15, -0.1) is 11.8 Å². The van der Waals surface area contributed by atoms with Crippen LogP contribution in [0.5, 0.6) is 11.5 Å². The molecule has 4 rings (SSSR count). The number of anilines is 2. The third kappa shape index (κ3) is 8.78. The van der Waals surface area contributed by atoms with Crippen LogP contribution in [0.2, 0.25) is 10.0 Å². The van der Waals surface area contributed by atoms with Crippen molar-refractivity contribution in [3.63, 3.8) is 0 Å². The zero-order valence-corrected chi connectivity index (χ0v) is 25.5. The number of hydrogen-bond donors (Lipinski definition) is 3. The summed E-state index contributed by atoms with van der Waals surface area (Å²) in [6.07, 6.45) is 1.52. The third-order valence-corrected chi connectivity index (χ3v) is 7.48. The van der Waals surface area contributed by atoms with Gasteiger partial charge in [0.25, 0.3) is 11.8 Å². The Bertz CT molecular complexity index is 1660. The van der Waals surface area contributed by atoms with Crippen molar-refractivity contribution in [3.05, 3.63) is 118 Å². The van der Waals surface area contributed by atoms with Crippen LogP contribution in [-0.2, 0) is 9.59 Å². The molecule has 0 bridgehead atoms. The second-order valence-corrected chi connectivity index (χ2v) is 10.8. The van der Waals surface area contributed by atoms with Crippen molar-refractivity contribution in [3.8, 4) is 11.5 Å². The number of ether oxygens (including phenoxy) is 2.